The lowest BCUT2D eigenvalue weighted by Gasteiger charge is -2.25. The Bertz CT molecular complexity index is 896. The number of fused-ring (bicyclic) bond motifs is 1. The van der Waals surface area contributed by atoms with Crippen molar-refractivity contribution in [3.05, 3.63) is 48.8 Å². The van der Waals surface area contributed by atoms with Crippen LogP contribution in [0.15, 0.2) is 48.8 Å². The monoisotopic (exact) mass is 319 g/mol. The van der Waals surface area contributed by atoms with Crippen LogP contribution in [0.25, 0.3) is 22.3 Å². The van der Waals surface area contributed by atoms with Gasteiger partial charge in [-0.05, 0) is 37.1 Å². The van der Waals surface area contributed by atoms with E-state index in [0.717, 1.165) is 41.7 Å². The predicted octanol–water partition coefficient (Wildman–Crippen LogP) is 2.15. The fourth-order valence-corrected chi connectivity index (χ4v) is 3.22. The molecular formula is C18H17N5O. The van der Waals surface area contributed by atoms with Crippen LogP contribution in [0.5, 0.6) is 0 Å². The summed E-state index contributed by atoms with van der Waals surface area (Å²) in [6.45, 7) is 0.765. The Labute approximate surface area is 139 Å². The zero-order chi connectivity index (χ0) is 16.5. The van der Waals surface area contributed by atoms with Crippen molar-refractivity contribution in [2.24, 2.45) is 5.73 Å². The van der Waals surface area contributed by atoms with Gasteiger partial charge in [-0.1, -0.05) is 12.1 Å². The summed E-state index contributed by atoms with van der Waals surface area (Å²) < 4.78 is 0. The van der Waals surface area contributed by atoms with Gasteiger partial charge < -0.3 is 10.6 Å². The summed E-state index contributed by atoms with van der Waals surface area (Å²) >= 11 is 0. The lowest BCUT2D eigenvalue weighted by molar-refractivity contribution is -0.119. The van der Waals surface area contributed by atoms with Crippen molar-refractivity contribution >= 4 is 22.6 Å². The molecule has 1 amide bonds. The molecule has 6 nitrogen and oxygen atoms in total. The van der Waals surface area contributed by atoms with Crippen LogP contribution < -0.4 is 10.6 Å². The summed E-state index contributed by atoms with van der Waals surface area (Å²) in [4.78, 5) is 27.4. The Kier molecular flexibility index (Phi) is 3.57. The molecule has 0 spiro atoms. The highest BCUT2D eigenvalue weighted by Crippen LogP contribution is 2.31. The van der Waals surface area contributed by atoms with Gasteiger partial charge in [-0.3, -0.25) is 9.78 Å². The van der Waals surface area contributed by atoms with Gasteiger partial charge in [0.05, 0.1) is 5.52 Å². The lowest BCUT2D eigenvalue weighted by atomic mass is 10.1. The van der Waals surface area contributed by atoms with Crippen LogP contribution in [0.4, 0.5) is 5.82 Å². The third kappa shape index (κ3) is 2.46. The molecule has 0 saturated carbocycles. The molecule has 120 valence electrons. The zero-order valence-corrected chi connectivity index (χ0v) is 13.1. The van der Waals surface area contributed by atoms with E-state index in [-0.39, 0.29) is 11.9 Å². The van der Waals surface area contributed by atoms with Crippen molar-refractivity contribution in [3.8, 4) is 11.4 Å². The van der Waals surface area contributed by atoms with Crippen molar-refractivity contribution in [1.82, 2.24) is 15.0 Å². The molecule has 1 aliphatic rings. The number of hydrogen-bond acceptors (Lipinski definition) is 5. The maximum absolute atomic E-state index is 11.8. The van der Waals surface area contributed by atoms with E-state index in [1.165, 1.54) is 0 Å². The first-order valence-electron chi connectivity index (χ1n) is 7.97. The highest BCUT2D eigenvalue weighted by molar-refractivity contribution is 5.94. The van der Waals surface area contributed by atoms with E-state index >= 15 is 0 Å². The molecule has 0 unspecified atom stereocenters. The number of primary amides is 1. The molecule has 4 rings (SSSR count). The minimum Gasteiger partial charge on any atom is -0.368 e. The molecule has 3 heterocycles. The Hall–Kier alpha value is -3.02. The van der Waals surface area contributed by atoms with E-state index in [1.54, 1.807) is 12.4 Å². The van der Waals surface area contributed by atoms with Crippen LogP contribution in [0.1, 0.15) is 12.8 Å². The Balaban J connectivity index is 1.92. The number of pyridine rings is 1. The number of amides is 1. The number of nitrogens with zero attached hydrogens (tertiary/aromatic N) is 4. The summed E-state index contributed by atoms with van der Waals surface area (Å²) in [7, 11) is 0. The smallest absolute Gasteiger partial charge is 0.240 e. The van der Waals surface area contributed by atoms with Gasteiger partial charge in [0, 0.05) is 29.9 Å². The largest absolute Gasteiger partial charge is 0.368 e. The molecule has 1 atom stereocenters. The summed E-state index contributed by atoms with van der Waals surface area (Å²) in [5.74, 6) is 1.06. The number of para-hydroxylation sites is 1. The fourth-order valence-electron chi connectivity index (χ4n) is 3.22. The minimum absolute atomic E-state index is 0.307. The molecule has 1 saturated heterocycles. The standard InChI is InChI=1S/C18H17N5O/c19-16(24)15-8-4-10-23(15)18-13-6-1-2-7-14(13)21-17(22-18)12-5-3-9-20-11-12/h1-3,5-7,9,11,15H,4,8,10H2,(H2,19,24)/t15-/m0/s1. The number of carbonyl (C=O) groups is 1. The minimum atomic E-state index is -0.315. The quantitative estimate of drug-likeness (QED) is 0.799. The SMILES string of the molecule is NC(=O)[C@@H]1CCCN1c1nc(-c2cccnc2)nc2ccccc12. The third-order valence-electron chi connectivity index (χ3n) is 4.36. The van der Waals surface area contributed by atoms with Gasteiger partial charge >= 0.3 is 0 Å². The first-order valence-corrected chi connectivity index (χ1v) is 7.97. The first kappa shape index (κ1) is 14.6. The number of rotatable bonds is 3. The van der Waals surface area contributed by atoms with Gasteiger partial charge in [-0.2, -0.15) is 0 Å². The third-order valence-corrected chi connectivity index (χ3v) is 4.36. The maximum atomic E-state index is 11.8. The molecule has 1 fully saturated rings. The number of anilines is 1. The van der Waals surface area contributed by atoms with Crippen LogP contribution >= 0.6 is 0 Å². The molecule has 6 heteroatoms. The molecule has 2 aromatic heterocycles. The normalized spacial score (nSPS) is 17.3. The number of hydrogen-bond donors (Lipinski definition) is 1. The molecule has 3 aromatic rings. The van der Waals surface area contributed by atoms with Gasteiger partial charge in [0.15, 0.2) is 5.82 Å². The fraction of sp³-hybridized carbons (Fsp3) is 0.222. The van der Waals surface area contributed by atoms with Gasteiger partial charge in [-0.15, -0.1) is 0 Å². The van der Waals surface area contributed by atoms with Gasteiger partial charge in [0.1, 0.15) is 11.9 Å². The second-order valence-corrected chi connectivity index (χ2v) is 5.88. The van der Waals surface area contributed by atoms with Crippen LogP contribution in [0, 0.1) is 0 Å². The lowest BCUT2D eigenvalue weighted by Crippen LogP contribution is -2.40. The summed E-state index contributed by atoms with van der Waals surface area (Å²) in [5.41, 5.74) is 7.28. The highest BCUT2D eigenvalue weighted by Gasteiger charge is 2.31. The van der Waals surface area contributed by atoms with E-state index in [1.807, 2.05) is 41.3 Å². The van der Waals surface area contributed by atoms with E-state index < -0.39 is 0 Å². The number of nitrogens with two attached hydrogens (primary N) is 1. The summed E-state index contributed by atoms with van der Waals surface area (Å²) in [6, 6.07) is 11.3. The molecule has 1 aromatic carbocycles. The zero-order valence-electron chi connectivity index (χ0n) is 13.1. The average Bonchev–Trinajstić information content (AvgIpc) is 3.11. The van der Waals surface area contributed by atoms with Crippen molar-refractivity contribution in [1.29, 1.82) is 0 Å². The highest BCUT2D eigenvalue weighted by atomic mass is 16.1. The van der Waals surface area contributed by atoms with Gasteiger partial charge in [-0.25, -0.2) is 9.97 Å². The Morgan fingerprint density at radius 1 is 1.17 bits per heavy atom. The number of aromatic nitrogens is 3. The molecule has 24 heavy (non-hydrogen) atoms. The van der Waals surface area contributed by atoms with E-state index in [0.29, 0.717) is 5.82 Å². The van der Waals surface area contributed by atoms with Gasteiger partial charge in [0.2, 0.25) is 5.91 Å². The molecule has 1 aliphatic heterocycles. The summed E-state index contributed by atoms with van der Waals surface area (Å²) in [6.07, 6.45) is 5.14. The predicted molar refractivity (Wildman–Crippen MR) is 92.3 cm³/mol. The number of benzene rings is 1. The first-order chi connectivity index (χ1) is 11.7. The van der Waals surface area contributed by atoms with Crippen molar-refractivity contribution in [2.75, 3.05) is 11.4 Å². The average molecular weight is 319 g/mol. The van der Waals surface area contributed by atoms with E-state index in [4.69, 9.17) is 10.7 Å². The topological polar surface area (TPSA) is 85.0 Å². The molecule has 2 N–H and O–H groups in total. The van der Waals surface area contributed by atoms with Crippen LogP contribution in [-0.4, -0.2) is 33.4 Å². The Morgan fingerprint density at radius 3 is 2.83 bits per heavy atom. The molecule has 0 bridgehead atoms. The van der Waals surface area contributed by atoms with E-state index in [9.17, 15) is 4.79 Å². The van der Waals surface area contributed by atoms with Gasteiger partial charge in [0.25, 0.3) is 0 Å². The molecule has 0 aliphatic carbocycles. The van der Waals surface area contributed by atoms with Crippen molar-refractivity contribution in [3.63, 3.8) is 0 Å². The molecular weight excluding hydrogens is 302 g/mol. The maximum Gasteiger partial charge on any atom is 0.240 e. The van der Waals surface area contributed by atoms with E-state index in [2.05, 4.69) is 9.97 Å². The van der Waals surface area contributed by atoms with Crippen molar-refractivity contribution in [2.45, 2.75) is 18.9 Å². The van der Waals surface area contributed by atoms with Crippen LogP contribution in [-0.2, 0) is 4.79 Å². The second kappa shape index (κ2) is 5.88. The number of carbonyl (C=O) groups excluding carboxylic acids is 1. The van der Waals surface area contributed by atoms with Crippen LogP contribution in [0.3, 0.4) is 0 Å². The van der Waals surface area contributed by atoms with Crippen LogP contribution in [0.2, 0.25) is 0 Å². The second-order valence-electron chi connectivity index (χ2n) is 5.88. The Morgan fingerprint density at radius 2 is 2.04 bits per heavy atom. The van der Waals surface area contributed by atoms with Crippen molar-refractivity contribution < 1.29 is 4.79 Å². The summed E-state index contributed by atoms with van der Waals surface area (Å²) in [5, 5.41) is 0.929. The molecule has 0 radical (unpaired) electrons.